The van der Waals surface area contributed by atoms with Crippen LogP contribution in [0.5, 0.6) is 11.5 Å². The van der Waals surface area contributed by atoms with E-state index in [2.05, 4.69) is 0 Å². The Bertz CT molecular complexity index is 1330. The number of nitrogens with zero attached hydrogens (tertiary/aromatic N) is 1. The van der Waals surface area contributed by atoms with Crippen molar-refractivity contribution < 1.29 is 23.9 Å². The second-order valence-electron chi connectivity index (χ2n) is 7.74. The van der Waals surface area contributed by atoms with E-state index in [0.717, 1.165) is 22.2 Å². The van der Waals surface area contributed by atoms with Gasteiger partial charge in [-0.05, 0) is 60.2 Å². The van der Waals surface area contributed by atoms with Crippen molar-refractivity contribution in [3.63, 3.8) is 0 Å². The van der Waals surface area contributed by atoms with Crippen LogP contribution < -0.4 is 9.47 Å². The largest absolute Gasteiger partial charge is 0.490 e. The SMILES string of the molecule is CCOc1cc(/C=C2/SC(=O)N(CC(=O)c3ccccc3)C2=O)cc(Cl)c1OCc1ccc(Cl)cc1. The smallest absolute Gasteiger partial charge is 0.293 e. The summed E-state index contributed by atoms with van der Waals surface area (Å²) < 4.78 is 11.6. The summed E-state index contributed by atoms with van der Waals surface area (Å²) in [4.78, 5) is 39.0. The van der Waals surface area contributed by atoms with Gasteiger partial charge in [-0.3, -0.25) is 19.3 Å². The maximum Gasteiger partial charge on any atom is 0.293 e. The van der Waals surface area contributed by atoms with E-state index in [9.17, 15) is 14.4 Å². The van der Waals surface area contributed by atoms with E-state index in [1.807, 2.05) is 19.1 Å². The first kappa shape index (κ1) is 25.8. The average Bonchev–Trinajstić information content (AvgIpc) is 3.12. The standard InChI is InChI=1S/C27H21Cl2NO5S/c1-2-34-23-13-18(12-21(29)25(23)35-16-17-8-10-20(28)11-9-17)14-24-26(32)30(27(33)36-24)15-22(31)19-6-4-3-5-7-19/h3-14H,2,15-16H2,1H3/b24-14+. The number of imide groups is 1. The molecule has 4 rings (SSSR count). The van der Waals surface area contributed by atoms with Crippen molar-refractivity contribution in [3.8, 4) is 11.5 Å². The van der Waals surface area contributed by atoms with Gasteiger partial charge in [0.15, 0.2) is 17.3 Å². The molecule has 1 aliphatic heterocycles. The Morgan fingerprint density at radius 3 is 2.42 bits per heavy atom. The average molecular weight is 542 g/mol. The van der Waals surface area contributed by atoms with Gasteiger partial charge in [0.1, 0.15) is 6.61 Å². The molecule has 6 nitrogen and oxygen atoms in total. The molecule has 1 fully saturated rings. The van der Waals surface area contributed by atoms with Crippen molar-refractivity contribution >= 4 is 58.0 Å². The molecule has 0 saturated carbocycles. The van der Waals surface area contributed by atoms with Crippen molar-refractivity contribution in [2.24, 2.45) is 0 Å². The van der Waals surface area contributed by atoms with Gasteiger partial charge in [0, 0.05) is 10.6 Å². The van der Waals surface area contributed by atoms with E-state index in [1.165, 1.54) is 0 Å². The molecule has 0 spiro atoms. The molecule has 1 saturated heterocycles. The zero-order valence-electron chi connectivity index (χ0n) is 19.2. The molecule has 36 heavy (non-hydrogen) atoms. The van der Waals surface area contributed by atoms with Crippen LogP contribution in [0.4, 0.5) is 4.79 Å². The minimum absolute atomic E-state index is 0.189. The number of carbonyl (C=O) groups is 3. The van der Waals surface area contributed by atoms with Gasteiger partial charge in [-0.15, -0.1) is 0 Å². The molecular weight excluding hydrogens is 521 g/mol. The van der Waals surface area contributed by atoms with Gasteiger partial charge >= 0.3 is 0 Å². The van der Waals surface area contributed by atoms with Gasteiger partial charge in [-0.25, -0.2) is 0 Å². The van der Waals surface area contributed by atoms with Crippen molar-refractivity contribution in [1.29, 1.82) is 0 Å². The lowest BCUT2D eigenvalue weighted by Crippen LogP contribution is -2.33. The first-order valence-corrected chi connectivity index (χ1v) is 12.6. The predicted octanol–water partition coefficient (Wildman–Crippen LogP) is 6.89. The van der Waals surface area contributed by atoms with Crippen LogP contribution in [0.15, 0.2) is 71.6 Å². The summed E-state index contributed by atoms with van der Waals surface area (Å²) in [7, 11) is 0. The van der Waals surface area contributed by atoms with Crippen molar-refractivity contribution in [1.82, 2.24) is 4.90 Å². The number of hydrogen-bond donors (Lipinski definition) is 0. The number of Topliss-reactive ketones (excluding diaryl/α,β-unsaturated/α-hetero) is 1. The van der Waals surface area contributed by atoms with E-state index in [-0.39, 0.29) is 23.8 Å². The van der Waals surface area contributed by atoms with E-state index >= 15 is 0 Å². The fraction of sp³-hybridized carbons (Fsp3) is 0.148. The van der Waals surface area contributed by atoms with E-state index in [4.69, 9.17) is 32.7 Å². The van der Waals surface area contributed by atoms with Crippen LogP contribution in [-0.4, -0.2) is 35.0 Å². The summed E-state index contributed by atoms with van der Waals surface area (Å²) in [5.41, 5.74) is 1.89. The number of halogens is 2. The Kier molecular flexibility index (Phi) is 8.36. The molecule has 1 heterocycles. The molecule has 9 heteroatoms. The predicted molar refractivity (Wildman–Crippen MR) is 142 cm³/mol. The lowest BCUT2D eigenvalue weighted by molar-refractivity contribution is -0.122. The second-order valence-corrected chi connectivity index (χ2v) is 9.57. The molecule has 0 bridgehead atoms. The van der Waals surface area contributed by atoms with Crippen LogP contribution >= 0.6 is 35.0 Å². The first-order chi connectivity index (χ1) is 17.4. The topological polar surface area (TPSA) is 72.9 Å². The summed E-state index contributed by atoms with van der Waals surface area (Å²) in [5, 5.41) is 0.416. The monoisotopic (exact) mass is 541 g/mol. The molecule has 3 aromatic carbocycles. The maximum atomic E-state index is 12.9. The third kappa shape index (κ3) is 6.10. The normalized spacial score (nSPS) is 14.4. The van der Waals surface area contributed by atoms with Crippen molar-refractivity contribution in [2.45, 2.75) is 13.5 Å². The lowest BCUT2D eigenvalue weighted by atomic mass is 10.1. The molecular formula is C27H21Cl2NO5S. The zero-order chi connectivity index (χ0) is 25.7. The molecule has 0 unspecified atom stereocenters. The maximum absolute atomic E-state index is 12.9. The molecule has 0 radical (unpaired) electrons. The number of ether oxygens (including phenoxy) is 2. The summed E-state index contributed by atoms with van der Waals surface area (Å²) in [6.07, 6.45) is 1.55. The summed E-state index contributed by atoms with van der Waals surface area (Å²) in [6.45, 7) is 2.13. The van der Waals surface area contributed by atoms with Gasteiger partial charge in [0.2, 0.25) is 0 Å². The number of hydrogen-bond acceptors (Lipinski definition) is 6. The fourth-order valence-corrected chi connectivity index (χ4v) is 4.69. The van der Waals surface area contributed by atoms with E-state index < -0.39 is 11.1 Å². The number of benzene rings is 3. The molecule has 184 valence electrons. The quantitative estimate of drug-likeness (QED) is 0.217. The highest BCUT2D eigenvalue weighted by Crippen LogP contribution is 2.39. The Morgan fingerprint density at radius 1 is 1.00 bits per heavy atom. The third-order valence-corrected chi connectivity index (χ3v) is 6.64. The number of rotatable bonds is 9. The number of ketones is 1. The van der Waals surface area contributed by atoms with Crippen LogP contribution in [-0.2, 0) is 11.4 Å². The Hall–Kier alpha value is -3.26. The van der Waals surface area contributed by atoms with Crippen LogP contribution in [0, 0.1) is 0 Å². The van der Waals surface area contributed by atoms with Gasteiger partial charge in [0.25, 0.3) is 11.1 Å². The number of amides is 2. The van der Waals surface area contributed by atoms with Crippen molar-refractivity contribution in [3.05, 3.63) is 98.4 Å². The van der Waals surface area contributed by atoms with Gasteiger partial charge in [-0.1, -0.05) is 65.7 Å². The molecule has 2 amide bonds. The van der Waals surface area contributed by atoms with Gasteiger partial charge < -0.3 is 9.47 Å². The molecule has 0 aromatic heterocycles. The molecule has 0 aliphatic carbocycles. The Labute approximate surface area is 222 Å². The van der Waals surface area contributed by atoms with Crippen molar-refractivity contribution in [2.75, 3.05) is 13.2 Å². The summed E-state index contributed by atoms with van der Waals surface area (Å²) in [6, 6.07) is 19.1. The summed E-state index contributed by atoms with van der Waals surface area (Å²) >= 11 is 13.2. The summed E-state index contributed by atoms with van der Waals surface area (Å²) in [5.74, 6) is -0.0784. The fourth-order valence-electron chi connectivity index (χ4n) is 3.46. The highest BCUT2D eigenvalue weighted by Gasteiger charge is 2.36. The van der Waals surface area contributed by atoms with E-state index in [0.29, 0.717) is 39.3 Å². The van der Waals surface area contributed by atoms with Crippen LogP contribution in [0.25, 0.3) is 6.08 Å². The molecule has 3 aromatic rings. The minimum Gasteiger partial charge on any atom is -0.490 e. The minimum atomic E-state index is -0.536. The molecule has 1 aliphatic rings. The molecule has 0 N–H and O–H groups in total. The highest BCUT2D eigenvalue weighted by atomic mass is 35.5. The van der Waals surface area contributed by atoms with Crippen LogP contribution in [0.1, 0.15) is 28.4 Å². The Morgan fingerprint density at radius 2 is 1.72 bits per heavy atom. The van der Waals surface area contributed by atoms with Crippen LogP contribution in [0.2, 0.25) is 10.0 Å². The zero-order valence-corrected chi connectivity index (χ0v) is 21.5. The third-order valence-electron chi connectivity index (χ3n) is 5.20. The highest BCUT2D eigenvalue weighted by molar-refractivity contribution is 8.18. The molecule has 0 atom stereocenters. The Balaban J connectivity index is 1.53. The number of carbonyl (C=O) groups excluding carboxylic acids is 3. The van der Waals surface area contributed by atoms with Gasteiger partial charge in [0.05, 0.1) is 23.1 Å². The second kappa shape index (κ2) is 11.6. The first-order valence-electron chi connectivity index (χ1n) is 11.0. The number of thioether (sulfide) groups is 1. The van der Waals surface area contributed by atoms with E-state index in [1.54, 1.807) is 60.7 Å². The van der Waals surface area contributed by atoms with Gasteiger partial charge in [-0.2, -0.15) is 0 Å². The lowest BCUT2D eigenvalue weighted by Gasteiger charge is -2.15. The van der Waals surface area contributed by atoms with Crippen LogP contribution in [0.3, 0.4) is 0 Å².